The van der Waals surface area contributed by atoms with Gasteiger partial charge in [-0.15, -0.1) is 0 Å². The molecule has 0 aliphatic carbocycles. The zero-order chi connectivity index (χ0) is 16.8. The average Bonchev–Trinajstić information content (AvgIpc) is 3.17. The van der Waals surface area contributed by atoms with E-state index in [-0.39, 0.29) is 5.70 Å². The van der Waals surface area contributed by atoms with Gasteiger partial charge in [0.05, 0.1) is 19.2 Å². The van der Waals surface area contributed by atoms with Crippen molar-refractivity contribution >= 4 is 11.8 Å². The van der Waals surface area contributed by atoms with Gasteiger partial charge in [-0.1, -0.05) is 18.2 Å². The average molecular weight is 317 g/mol. The van der Waals surface area contributed by atoms with Crippen molar-refractivity contribution in [2.24, 2.45) is 0 Å². The molecule has 4 nitrogen and oxygen atoms in total. The Morgan fingerprint density at radius 2 is 1.96 bits per heavy atom. The van der Waals surface area contributed by atoms with Crippen LogP contribution in [0.5, 0.6) is 0 Å². The van der Waals surface area contributed by atoms with E-state index in [2.05, 4.69) is 34.0 Å². The highest BCUT2D eigenvalue weighted by molar-refractivity contribution is 5.58. The SMILES string of the molecule is [C-]#[N+]/C(C#N)=C1C=C(/C=C/c2ccc(N3CCCC3)cc2)OCC\1. The minimum atomic E-state index is 0.152. The van der Waals surface area contributed by atoms with Crippen molar-refractivity contribution in [3.05, 3.63) is 70.4 Å². The molecule has 0 saturated carbocycles. The summed E-state index contributed by atoms with van der Waals surface area (Å²) in [6.07, 6.45) is 8.83. The molecule has 0 unspecified atom stereocenters. The molecule has 1 aromatic rings. The Balaban J connectivity index is 1.72. The van der Waals surface area contributed by atoms with Crippen molar-refractivity contribution in [2.45, 2.75) is 19.3 Å². The maximum Gasteiger partial charge on any atom is 0.265 e. The zero-order valence-corrected chi connectivity index (χ0v) is 13.5. The van der Waals surface area contributed by atoms with E-state index < -0.39 is 0 Å². The molecule has 120 valence electrons. The summed E-state index contributed by atoms with van der Waals surface area (Å²) in [6.45, 7) is 9.83. The quantitative estimate of drug-likeness (QED) is 0.616. The monoisotopic (exact) mass is 317 g/mol. The summed E-state index contributed by atoms with van der Waals surface area (Å²) in [6, 6.07) is 10.5. The van der Waals surface area contributed by atoms with Crippen LogP contribution in [0.2, 0.25) is 0 Å². The summed E-state index contributed by atoms with van der Waals surface area (Å²) in [7, 11) is 0. The molecule has 2 aliphatic rings. The number of allylic oxidation sites excluding steroid dienone is 3. The summed E-state index contributed by atoms with van der Waals surface area (Å²) < 4.78 is 5.59. The van der Waals surface area contributed by atoms with E-state index in [1.165, 1.54) is 18.5 Å². The van der Waals surface area contributed by atoms with E-state index in [1.807, 2.05) is 18.2 Å². The number of benzene rings is 1. The second-order valence-electron chi connectivity index (χ2n) is 5.86. The van der Waals surface area contributed by atoms with Gasteiger partial charge in [0.1, 0.15) is 5.76 Å². The number of nitriles is 1. The predicted octanol–water partition coefficient (Wildman–Crippen LogP) is 4.30. The topological polar surface area (TPSA) is 40.6 Å². The lowest BCUT2D eigenvalue weighted by Crippen LogP contribution is -2.17. The van der Waals surface area contributed by atoms with E-state index in [4.69, 9.17) is 16.6 Å². The number of ether oxygens (including phenoxy) is 1. The van der Waals surface area contributed by atoms with Crippen molar-refractivity contribution in [3.63, 3.8) is 0 Å². The van der Waals surface area contributed by atoms with Gasteiger partial charge in [-0.3, -0.25) is 0 Å². The van der Waals surface area contributed by atoms with Gasteiger partial charge in [-0.2, -0.15) is 0 Å². The molecule has 24 heavy (non-hydrogen) atoms. The molecule has 2 aliphatic heterocycles. The van der Waals surface area contributed by atoms with Gasteiger partial charge in [0.15, 0.2) is 0 Å². The molecular formula is C20H19N3O. The Bertz CT molecular complexity index is 751. The molecule has 1 saturated heterocycles. The van der Waals surface area contributed by atoms with Crippen LogP contribution in [-0.4, -0.2) is 19.7 Å². The Kier molecular flexibility index (Phi) is 4.99. The summed E-state index contributed by atoms with van der Waals surface area (Å²) >= 11 is 0. The number of nitrogens with zero attached hydrogens (tertiary/aromatic N) is 3. The fraction of sp³-hybridized carbons (Fsp3) is 0.300. The highest BCUT2D eigenvalue weighted by Crippen LogP contribution is 2.23. The van der Waals surface area contributed by atoms with Gasteiger partial charge in [-0.05, 0) is 54.7 Å². The van der Waals surface area contributed by atoms with Gasteiger partial charge in [0.25, 0.3) is 5.70 Å². The third-order valence-electron chi connectivity index (χ3n) is 4.28. The van der Waals surface area contributed by atoms with Crippen LogP contribution in [0.4, 0.5) is 5.69 Å². The third kappa shape index (κ3) is 3.67. The number of rotatable bonds is 3. The predicted molar refractivity (Wildman–Crippen MR) is 94.8 cm³/mol. The van der Waals surface area contributed by atoms with Crippen LogP contribution >= 0.6 is 0 Å². The maximum atomic E-state index is 8.97. The first-order chi connectivity index (χ1) is 11.8. The van der Waals surface area contributed by atoms with Crippen LogP contribution in [-0.2, 0) is 4.74 Å². The van der Waals surface area contributed by atoms with Crippen LogP contribution in [0.3, 0.4) is 0 Å². The van der Waals surface area contributed by atoms with E-state index >= 15 is 0 Å². The maximum absolute atomic E-state index is 8.97. The van der Waals surface area contributed by atoms with Gasteiger partial charge < -0.3 is 9.64 Å². The molecule has 0 atom stereocenters. The molecule has 2 heterocycles. The van der Waals surface area contributed by atoms with E-state index in [9.17, 15) is 0 Å². The van der Waals surface area contributed by atoms with Gasteiger partial charge in [0.2, 0.25) is 0 Å². The van der Waals surface area contributed by atoms with Gasteiger partial charge in [0, 0.05) is 18.8 Å². The standard InChI is InChI=1S/C20H19N3O/c1-22-20(15-21)17-10-13-24-19(14-17)9-6-16-4-7-18(8-5-16)23-11-2-3-12-23/h4-9,14H,2-3,10-13H2/b9-6+,20-17-. The molecule has 0 spiro atoms. The van der Waals surface area contributed by atoms with Crippen LogP contribution in [0.15, 0.2) is 53.4 Å². The van der Waals surface area contributed by atoms with Crippen molar-refractivity contribution < 1.29 is 4.74 Å². The second-order valence-corrected chi connectivity index (χ2v) is 5.86. The lowest BCUT2D eigenvalue weighted by molar-refractivity contribution is 0.219. The van der Waals surface area contributed by atoms with E-state index in [0.29, 0.717) is 18.8 Å². The van der Waals surface area contributed by atoms with E-state index in [0.717, 1.165) is 24.2 Å². The van der Waals surface area contributed by atoms with Crippen molar-refractivity contribution in [2.75, 3.05) is 24.6 Å². The summed E-state index contributed by atoms with van der Waals surface area (Å²) in [5.41, 5.74) is 3.28. The molecular weight excluding hydrogens is 298 g/mol. The van der Waals surface area contributed by atoms with Crippen LogP contribution in [0.25, 0.3) is 10.9 Å². The number of hydrogen-bond donors (Lipinski definition) is 0. The summed E-state index contributed by atoms with van der Waals surface area (Å²) in [5, 5.41) is 8.97. The molecule has 0 amide bonds. The van der Waals surface area contributed by atoms with Crippen molar-refractivity contribution in [1.82, 2.24) is 0 Å². The normalized spacial score (nSPS) is 19.4. The van der Waals surface area contributed by atoms with Crippen LogP contribution < -0.4 is 4.90 Å². The molecule has 1 aromatic carbocycles. The largest absolute Gasteiger partial charge is 0.493 e. The highest BCUT2D eigenvalue weighted by atomic mass is 16.5. The molecule has 0 aromatic heterocycles. The number of anilines is 1. The molecule has 1 fully saturated rings. The number of hydrogen-bond acceptors (Lipinski definition) is 3. The highest BCUT2D eigenvalue weighted by Gasteiger charge is 2.12. The van der Waals surface area contributed by atoms with E-state index in [1.54, 1.807) is 6.08 Å². The van der Waals surface area contributed by atoms with Crippen LogP contribution in [0, 0.1) is 17.9 Å². The molecule has 0 radical (unpaired) electrons. The Morgan fingerprint density at radius 1 is 1.21 bits per heavy atom. The van der Waals surface area contributed by atoms with Gasteiger partial charge in [-0.25, -0.2) is 10.1 Å². The van der Waals surface area contributed by atoms with Crippen molar-refractivity contribution in [3.8, 4) is 6.07 Å². The first-order valence-corrected chi connectivity index (χ1v) is 8.18. The fourth-order valence-electron chi connectivity index (χ4n) is 2.97. The molecule has 3 rings (SSSR count). The summed E-state index contributed by atoms with van der Waals surface area (Å²) in [5.74, 6) is 0.691. The Labute approximate surface area is 142 Å². The Hall–Kier alpha value is -2.98. The van der Waals surface area contributed by atoms with Crippen LogP contribution in [0.1, 0.15) is 24.8 Å². The second kappa shape index (κ2) is 7.53. The lowest BCUT2D eigenvalue weighted by Gasteiger charge is -2.17. The minimum absolute atomic E-state index is 0.152. The summed E-state index contributed by atoms with van der Waals surface area (Å²) in [4.78, 5) is 5.68. The van der Waals surface area contributed by atoms with Crippen molar-refractivity contribution in [1.29, 1.82) is 5.26 Å². The lowest BCUT2D eigenvalue weighted by atomic mass is 10.1. The first kappa shape index (κ1) is 15.9. The molecule has 0 bridgehead atoms. The first-order valence-electron chi connectivity index (χ1n) is 8.18. The zero-order valence-electron chi connectivity index (χ0n) is 13.5. The minimum Gasteiger partial charge on any atom is -0.493 e. The molecule has 0 N–H and O–H groups in total. The third-order valence-corrected chi connectivity index (χ3v) is 4.28. The molecule has 4 heteroatoms. The fourth-order valence-corrected chi connectivity index (χ4v) is 2.97. The van der Waals surface area contributed by atoms with Gasteiger partial charge >= 0.3 is 0 Å². The smallest absolute Gasteiger partial charge is 0.265 e. The Morgan fingerprint density at radius 3 is 2.62 bits per heavy atom.